The Morgan fingerprint density at radius 2 is 2.24 bits per heavy atom. The molecule has 1 aromatic carbocycles. The van der Waals surface area contributed by atoms with Crippen molar-refractivity contribution in [3.63, 3.8) is 0 Å². The summed E-state index contributed by atoms with van der Waals surface area (Å²) in [6, 6.07) is 8.99. The summed E-state index contributed by atoms with van der Waals surface area (Å²) >= 11 is 2.09. The number of fused-ring (bicyclic) bond motifs is 1. The van der Waals surface area contributed by atoms with Gasteiger partial charge in [0.05, 0.1) is 0 Å². The van der Waals surface area contributed by atoms with Crippen molar-refractivity contribution in [3.05, 3.63) is 35.4 Å². The molecule has 0 heterocycles. The molecule has 0 radical (unpaired) electrons. The fourth-order valence-corrected chi connectivity index (χ4v) is 3.84. The monoisotopic (exact) mass is 249 g/mol. The summed E-state index contributed by atoms with van der Waals surface area (Å²) in [6.45, 7) is 3.11. The van der Waals surface area contributed by atoms with Crippen molar-refractivity contribution >= 4 is 11.8 Å². The third-order valence-corrected chi connectivity index (χ3v) is 5.05. The summed E-state index contributed by atoms with van der Waals surface area (Å²) in [6.07, 6.45) is 5.13. The SMILES string of the molecule is CC(CCN)SCC1CCCc2ccccc21. The molecule has 0 saturated carbocycles. The van der Waals surface area contributed by atoms with E-state index in [9.17, 15) is 0 Å². The van der Waals surface area contributed by atoms with Crippen molar-refractivity contribution in [1.29, 1.82) is 0 Å². The Kier molecular flexibility index (Phi) is 4.93. The van der Waals surface area contributed by atoms with Crippen LogP contribution in [0.2, 0.25) is 0 Å². The van der Waals surface area contributed by atoms with Gasteiger partial charge in [-0.05, 0) is 49.3 Å². The fraction of sp³-hybridized carbons (Fsp3) is 0.600. The molecule has 2 atom stereocenters. The Hall–Kier alpha value is -0.470. The van der Waals surface area contributed by atoms with E-state index < -0.39 is 0 Å². The van der Waals surface area contributed by atoms with Crippen LogP contribution in [-0.2, 0) is 6.42 Å². The van der Waals surface area contributed by atoms with Crippen LogP contribution in [0.25, 0.3) is 0 Å². The predicted molar refractivity (Wildman–Crippen MR) is 77.7 cm³/mol. The second-order valence-corrected chi connectivity index (χ2v) is 6.48. The van der Waals surface area contributed by atoms with Crippen molar-refractivity contribution in [3.8, 4) is 0 Å². The molecule has 1 nitrogen and oxygen atoms in total. The van der Waals surface area contributed by atoms with E-state index >= 15 is 0 Å². The first-order chi connectivity index (χ1) is 8.31. The lowest BCUT2D eigenvalue weighted by molar-refractivity contribution is 0.595. The first kappa shape index (κ1) is 13.0. The molecule has 1 aliphatic carbocycles. The van der Waals surface area contributed by atoms with E-state index in [-0.39, 0.29) is 0 Å². The number of hydrogen-bond donors (Lipinski definition) is 1. The molecular weight excluding hydrogens is 226 g/mol. The Balaban J connectivity index is 1.94. The van der Waals surface area contributed by atoms with Crippen LogP contribution in [-0.4, -0.2) is 17.5 Å². The first-order valence-electron chi connectivity index (χ1n) is 6.70. The Morgan fingerprint density at radius 3 is 3.06 bits per heavy atom. The van der Waals surface area contributed by atoms with E-state index in [0.29, 0.717) is 5.25 Å². The molecule has 2 heteroatoms. The molecule has 0 amide bonds. The lowest BCUT2D eigenvalue weighted by Gasteiger charge is -2.26. The van der Waals surface area contributed by atoms with Gasteiger partial charge in [0, 0.05) is 11.0 Å². The maximum atomic E-state index is 5.60. The molecule has 0 saturated heterocycles. The zero-order valence-electron chi connectivity index (χ0n) is 10.7. The standard InChI is InChI=1S/C15H23NS/c1-12(9-10-16)17-11-14-7-4-6-13-5-2-3-8-15(13)14/h2-3,5,8,12,14H,4,6-7,9-11,16H2,1H3. The van der Waals surface area contributed by atoms with Gasteiger partial charge in [0.2, 0.25) is 0 Å². The van der Waals surface area contributed by atoms with E-state index in [0.717, 1.165) is 18.9 Å². The smallest absolute Gasteiger partial charge is 0.00309 e. The van der Waals surface area contributed by atoms with E-state index in [1.165, 1.54) is 25.0 Å². The maximum Gasteiger partial charge on any atom is 0.00309 e. The van der Waals surface area contributed by atoms with Crippen molar-refractivity contribution < 1.29 is 0 Å². The Labute approximate surface area is 109 Å². The van der Waals surface area contributed by atoms with Gasteiger partial charge in [-0.2, -0.15) is 11.8 Å². The molecule has 0 bridgehead atoms. The highest BCUT2D eigenvalue weighted by Crippen LogP contribution is 2.34. The Morgan fingerprint density at radius 1 is 1.41 bits per heavy atom. The third kappa shape index (κ3) is 3.49. The number of rotatable bonds is 5. The van der Waals surface area contributed by atoms with E-state index in [4.69, 9.17) is 5.73 Å². The number of benzene rings is 1. The van der Waals surface area contributed by atoms with Gasteiger partial charge >= 0.3 is 0 Å². The van der Waals surface area contributed by atoms with Crippen LogP contribution in [0, 0.1) is 0 Å². The number of hydrogen-bond acceptors (Lipinski definition) is 2. The van der Waals surface area contributed by atoms with E-state index in [1.54, 1.807) is 11.1 Å². The average molecular weight is 249 g/mol. The number of aryl methyl sites for hydroxylation is 1. The minimum atomic E-state index is 0.703. The topological polar surface area (TPSA) is 26.0 Å². The fourth-order valence-electron chi connectivity index (χ4n) is 2.63. The van der Waals surface area contributed by atoms with Crippen LogP contribution in [0.4, 0.5) is 0 Å². The van der Waals surface area contributed by atoms with Crippen molar-refractivity contribution in [1.82, 2.24) is 0 Å². The van der Waals surface area contributed by atoms with Gasteiger partial charge in [-0.3, -0.25) is 0 Å². The predicted octanol–water partition coefficient (Wildman–Crippen LogP) is 3.58. The average Bonchev–Trinajstić information content (AvgIpc) is 2.36. The zero-order valence-corrected chi connectivity index (χ0v) is 11.5. The molecule has 1 aromatic rings. The van der Waals surface area contributed by atoms with Crippen LogP contribution < -0.4 is 5.73 Å². The van der Waals surface area contributed by atoms with E-state index in [2.05, 4.69) is 43.0 Å². The summed E-state index contributed by atoms with van der Waals surface area (Å²) in [7, 11) is 0. The second kappa shape index (κ2) is 6.46. The molecular formula is C15H23NS. The largest absolute Gasteiger partial charge is 0.330 e. The highest BCUT2D eigenvalue weighted by atomic mass is 32.2. The van der Waals surface area contributed by atoms with Gasteiger partial charge in [-0.1, -0.05) is 31.2 Å². The van der Waals surface area contributed by atoms with E-state index in [1.807, 2.05) is 0 Å². The van der Waals surface area contributed by atoms with Gasteiger partial charge in [0.15, 0.2) is 0 Å². The molecule has 0 aliphatic heterocycles. The molecule has 0 spiro atoms. The molecule has 0 aromatic heterocycles. The summed E-state index contributed by atoms with van der Waals surface area (Å²) < 4.78 is 0. The van der Waals surface area contributed by atoms with Crippen molar-refractivity contribution in [2.24, 2.45) is 5.73 Å². The zero-order chi connectivity index (χ0) is 12.1. The van der Waals surface area contributed by atoms with Gasteiger partial charge in [0.25, 0.3) is 0 Å². The molecule has 94 valence electrons. The molecule has 2 unspecified atom stereocenters. The normalized spacial score (nSPS) is 20.9. The minimum absolute atomic E-state index is 0.703. The highest BCUT2D eigenvalue weighted by Gasteiger charge is 2.20. The Bertz CT molecular complexity index is 351. The lowest BCUT2D eigenvalue weighted by Crippen LogP contribution is -2.14. The van der Waals surface area contributed by atoms with Gasteiger partial charge in [0.1, 0.15) is 0 Å². The highest BCUT2D eigenvalue weighted by molar-refractivity contribution is 7.99. The second-order valence-electron chi connectivity index (χ2n) is 5.01. The number of nitrogens with two attached hydrogens (primary N) is 1. The van der Waals surface area contributed by atoms with Crippen LogP contribution in [0.5, 0.6) is 0 Å². The first-order valence-corrected chi connectivity index (χ1v) is 7.75. The van der Waals surface area contributed by atoms with Crippen LogP contribution >= 0.6 is 11.8 Å². The summed E-state index contributed by atoms with van der Waals surface area (Å²) in [5.41, 5.74) is 8.78. The summed E-state index contributed by atoms with van der Waals surface area (Å²) in [5, 5.41) is 0.703. The quantitative estimate of drug-likeness (QED) is 0.863. The summed E-state index contributed by atoms with van der Waals surface area (Å²) in [4.78, 5) is 0. The molecule has 17 heavy (non-hydrogen) atoms. The molecule has 1 aliphatic rings. The van der Waals surface area contributed by atoms with Crippen LogP contribution in [0.15, 0.2) is 24.3 Å². The van der Waals surface area contributed by atoms with Crippen molar-refractivity contribution in [2.75, 3.05) is 12.3 Å². The molecule has 0 fully saturated rings. The van der Waals surface area contributed by atoms with Gasteiger partial charge in [-0.25, -0.2) is 0 Å². The lowest BCUT2D eigenvalue weighted by atomic mass is 9.84. The number of thioether (sulfide) groups is 1. The van der Waals surface area contributed by atoms with Crippen LogP contribution in [0.1, 0.15) is 43.2 Å². The molecule has 2 rings (SSSR count). The van der Waals surface area contributed by atoms with Crippen molar-refractivity contribution in [2.45, 2.75) is 43.8 Å². The molecule has 2 N–H and O–H groups in total. The summed E-state index contributed by atoms with van der Waals surface area (Å²) in [5.74, 6) is 2.03. The van der Waals surface area contributed by atoms with Crippen LogP contribution in [0.3, 0.4) is 0 Å². The van der Waals surface area contributed by atoms with Gasteiger partial charge in [-0.15, -0.1) is 0 Å². The maximum absolute atomic E-state index is 5.60. The third-order valence-electron chi connectivity index (χ3n) is 3.65. The minimum Gasteiger partial charge on any atom is -0.330 e. The van der Waals surface area contributed by atoms with Gasteiger partial charge < -0.3 is 5.73 Å².